The maximum absolute atomic E-state index is 12.6. The highest BCUT2D eigenvalue weighted by molar-refractivity contribution is 5.87. The number of hydrogen-bond acceptors (Lipinski definition) is 3. The molecule has 0 heterocycles. The zero-order valence-corrected chi connectivity index (χ0v) is 15.9. The minimum atomic E-state index is -0.0557. The molecule has 0 amide bonds. The number of Topliss-reactive ketones (excluding diaryl/α,β-unsaturated/α-hetero) is 2. The van der Waals surface area contributed by atoms with E-state index in [0.717, 1.165) is 51.6 Å². The van der Waals surface area contributed by atoms with E-state index in [1.54, 1.807) is 0 Å². The lowest BCUT2D eigenvalue weighted by molar-refractivity contribution is -0.132. The van der Waals surface area contributed by atoms with Crippen LogP contribution in [0, 0.1) is 28.6 Å². The van der Waals surface area contributed by atoms with Crippen LogP contribution in [-0.2, 0) is 9.59 Å². The van der Waals surface area contributed by atoms with E-state index in [2.05, 4.69) is 25.2 Å². The lowest BCUT2D eigenvalue weighted by Crippen LogP contribution is -2.52. The summed E-state index contributed by atoms with van der Waals surface area (Å²) in [5.41, 5.74) is 1.63. The summed E-state index contributed by atoms with van der Waals surface area (Å²) in [6, 6.07) is 0. The second-order valence-corrected chi connectivity index (χ2v) is 9.24. The molecule has 4 aliphatic carbocycles. The number of allylic oxidation sites excluding steroid dienone is 2. The van der Waals surface area contributed by atoms with E-state index >= 15 is 0 Å². The first-order valence-electron chi connectivity index (χ1n) is 10.5. The molecule has 0 spiro atoms. The third-order valence-corrected chi connectivity index (χ3v) is 8.37. The van der Waals surface area contributed by atoms with Crippen molar-refractivity contribution in [1.82, 2.24) is 5.32 Å². The summed E-state index contributed by atoms with van der Waals surface area (Å²) in [4.78, 5) is 24.7. The minimum Gasteiger partial charge on any atom is -0.317 e. The van der Waals surface area contributed by atoms with Gasteiger partial charge in [-0.15, -0.1) is 0 Å². The zero-order chi connectivity index (χ0) is 17.7. The monoisotopic (exact) mass is 343 g/mol. The molecule has 3 nitrogen and oxygen atoms in total. The van der Waals surface area contributed by atoms with E-state index in [1.165, 1.54) is 18.4 Å². The van der Waals surface area contributed by atoms with Gasteiger partial charge in [-0.3, -0.25) is 9.59 Å². The SMILES string of the molecule is CCNCC[C@]12CCC(=O)CC1=CC[C@@H]1[C@@H]2CC[C@]2(C)C(=O)CC[C@@H]12. The van der Waals surface area contributed by atoms with Crippen molar-refractivity contribution in [2.45, 2.75) is 71.6 Å². The van der Waals surface area contributed by atoms with Gasteiger partial charge in [0.1, 0.15) is 11.6 Å². The number of rotatable bonds is 4. The molecule has 0 saturated heterocycles. The van der Waals surface area contributed by atoms with Crippen molar-refractivity contribution in [1.29, 1.82) is 0 Å². The van der Waals surface area contributed by atoms with Crippen molar-refractivity contribution in [2.24, 2.45) is 28.6 Å². The van der Waals surface area contributed by atoms with Crippen molar-refractivity contribution in [3.63, 3.8) is 0 Å². The van der Waals surface area contributed by atoms with E-state index in [1.807, 2.05) is 0 Å². The quantitative estimate of drug-likeness (QED) is 0.618. The summed E-state index contributed by atoms with van der Waals surface area (Å²) in [7, 11) is 0. The maximum Gasteiger partial charge on any atom is 0.139 e. The Labute approximate surface area is 152 Å². The van der Waals surface area contributed by atoms with Crippen molar-refractivity contribution >= 4 is 11.6 Å². The number of carbonyl (C=O) groups is 2. The van der Waals surface area contributed by atoms with Gasteiger partial charge < -0.3 is 5.32 Å². The van der Waals surface area contributed by atoms with Crippen LogP contribution in [0.2, 0.25) is 0 Å². The number of fused-ring (bicyclic) bond motifs is 5. The molecule has 0 radical (unpaired) electrons. The van der Waals surface area contributed by atoms with Crippen LogP contribution in [-0.4, -0.2) is 24.7 Å². The topological polar surface area (TPSA) is 46.2 Å². The molecule has 0 bridgehead atoms. The highest BCUT2D eigenvalue weighted by atomic mass is 16.1. The van der Waals surface area contributed by atoms with Gasteiger partial charge in [0.05, 0.1) is 0 Å². The van der Waals surface area contributed by atoms with Gasteiger partial charge >= 0.3 is 0 Å². The van der Waals surface area contributed by atoms with Crippen LogP contribution in [0.4, 0.5) is 0 Å². The zero-order valence-electron chi connectivity index (χ0n) is 15.9. The molecule has 0 aromatic heterocycles. The van der Waals surface area contributed by atoms with Gasteiger partial charge in [-0.2, -0.15) is 0 Å². The van der Waals surface area contributed by atoms with E-state index < -0.39 is 0 Å². The molecule has 4 rings (SSSR count). The van der Waals surface area contributed by atoms with Crippen LogP contribution < -0.4 is 5.32 Å². The van der Waals surface area contributed by atoms with Crippen LogP contribution >= 0.6 is 0 Å². The van der Waals surface area contributed by atoms with Crippen molar-refractivity contribution < 1.29 is 9.59 Å². The molecule has 138 valence electrons. The molecule has 4 aliphatic rings. The highest BCUT2D eigenvalue weighted by Gasteiger charge is 2.59. The predicted octanol–water partition coefficient (Wildman–Crippen LogP) is 4.07. The van der Waals surface area contributed by atoms with Crippen molar-refractivity contribution in [3.8, 4) is 0 Å². The summed E-state index contributed by atoms with van der Waals surface area (Å²) in [5.74, 6) is 2.86. The van der Waals surface area contributed by atoms with Gasteiger partial charge in [-0.05, 0) is 74.8 Å². The molecule has 25 heavy (non-hydrogen) atoms. The van der Waals surface area contributed by atoms with E-state index in [0.29, 0.717) is 35.7 Å². The molecule has 0 aliphatic heterocycles. The van der Waals surface area contributed by atoms with Gasteiger partial charge in [0.25, 0.3) is 0 Å². The Morgan fingerprint density at radius 2 is 2.00 bits per heavy atom. The summed E-state index contributed by atoms with van der Waals surface area (Å²) in [6.07, 6.45) is 11.3. The Kier molecular flexibility index (Phi) is 4.42. The summed E-state index contributed by atoms with van der Waals surface area (Å²) in [5, 5.41) is 3.52. The Hall–Kier alpha value is -0.960. The van der Waals surface area contributed by atoms with E-state index in [-0.39, 0.29) is 10.8 Å². The first kappa shape index (κ1) is 17.5. The van der Waals surface area contributed by atoms with Crippen LogP contribution in [0.1, 0.15) is 71.6 Å². The number of hydrogen-bond donors (Lipinski definition) is 1. The third-order valence-electron chi connectivity index (χ3n) is 8.37. The van der Waals surface area contributed by atoms with Gasteiger partial charge in [-0.25, -0.2) is 0 Å². The number of ketones is 2. The minimum absolute atomic E-state index is 0.0557. The highest BCUT2D eigenvalue weighted by Crippen LogP contribution is 2.64. The van der Waals surface area contributed by atoms with Crippen LogP contribution in [0.5, 0.6) is 0 Å². The smallest absolute Gasteiger partial charge is 0.139 e. The summed E-state index contributed by atoms with van der Waals surface area (Å²) < 4.78 is 0. The molecule has 1 N–H and O–H groups in total. The second-order valence-electron chi connectivity index (χ2n) is 9.24. The van der Waals surface area contributed by atoms with Crippen molar-refractivity contribution in [2.75, 3.05) is 13.1 Å². The Balaban J connectivity index is 1.67. The molecule has 0 unspecified atom stereocenters. The first-order valence-corrected chi connectivity index (χ1v) is 10.5. The Bertz CT molecular complexity index is 609. The second kappa shape index (κ2) is 6.33. The molecular formula is C22H33NO2. The molecular weight excluding hydrogens is 310 g/mol. The van der Waals surface area contributed by atoms with Gasteiger partial charge in [0.2, 0.25) is 0 Å². The fourth-order valence-electron chi connectivity index (χ4n) is 7.01. The third kappa shape index (κ3) is 2.57. The molecule has 0 aromatic carbocycles. The predicted molar refractivity (Wildman–Crippen MR) is 99.2 cm³/mol. The number of nitrogens with one attached hydrogen (secondary N) is 1. The van der Waals surface area contributed by atoms with E-state index in [4.69, 9.17) is 0 Å². The lowest BCUT2D eigenvalue weighted by atomic mass is 9.47. The molecule has 3 fully saturated rings. The van der Waals surface area contributed by atoms with E-state index in [9.17, 15) is 9.59 Å². The van der Waals surface area contributed by atoms with Crippen LogP contribution in [0.25, 0.3) is 0 Å². The normalized spacial score (nSPS) is 43.3. The van der Waals surface area contributed by atoms with Gasteiger partial charge in [-0.1, -0.05) is 25.5 Å². The summed E-state index contributed by atoms with van der Waals surface area (Å²) >= 11 is 0. The largest absolute Gasteiger partial charge is 0.317 e. The fraction of sp³-hybridized carbons (Fsp3) is 0.818. The van der Waals surface area contributed by atoms with Gasteiger partial charge in [0, 0.05) is 24.7 Å². The Morgan fingerprint density at radius 3 is 2.80 bits per heavy atom. The molecule has 5 atom stereocenters. The molecule has 0 aromatic rings. The summed E-state index contributed by atoms with van der Waals surface area (Å²) in [6.45, 7) is 6.47. The molecule has 3 heteroatoms. The standard InChI is InChI=1S/C22H33NO2/c1-3-23-13-12-22-11-8-16(24)14-15(22)4-5-17-18-6-7-20(25)21(18,2)10-9-19(17)22/h4,17-19,23H,3,5-14H2,1-2H3/t17-,18-,19-,21-,22+/m0/s1. The van der Waals surface area contributed by atoms with Gasteiger partial charge in [0.15, 0.2) is 0 Å². The first-order chi connectivity index (χ1) is 12.0. The molecule has 3 saturated carbocycles. The Morgan fingerprint density at radius 1 is 1.16 bits per heavy atom. The number of carbonyl (C=O) groups excluding carboxylic acids is 2. The average molecular weight is 344 g/mol. The maximum atomic E-state index is 12.6. The fourth-order valence-corrected chi connectivity index (χ4v) is 7.01. The average Bonchev–Trinajstić information content (AvgIpc) is 2.91. The van der Waals surface area contributed by atoms with Crippen LogP contribution in [0.3, 0.4) is 0 Å². The van der Waals surface area contributed by atoms with Crippen LogP contribution in [0.15, 0.2) is 11.6 Å². The lowest BCUT2D eigenvalue weighted by Gasteiger charge is -2.57. The van der Waals surface area contributed by atoms with Crippen molar-refractivity contribution in [3.05, 3.63) is 11.6 Å².